The summed E-state index contributed by atoms with van der Waals surface area (Å²) < 4.78 is 34.1. The van der Waals surface area contributed by atoms with E-state index in [2.05, 4.69) is 15.6 Å². The summed E-state index contributed by atoms with van der Waals surface area (Å²) in [6, 6.07) is 0.742. The van der Waals surface area contributed by atoms with Crippen molar-refractivity contribution in [3.05, 3.63) is 28.8 Å². The molecule has 0 unspecified atom stereocenters. The molecule has 0 aliphatic carbocycles. The molecule has 0 bridgehead atoms. The maximum Gasteiger partial charge on any atom is 0.260 e. The number of hydrogen-bond donors (Lipinski definition) is 1. The van der Waals surface area contributed by atoms with E-state index in [1.54, 1.807) is 19.9 Å². The van der Waals surface area contributed by atoms with Gasteiger partial charge < -0.3 is 14.7 Å². The molecule has 1 saturated heterocycles. The number of aryl methyl sites for hydroxylation is 3. The predicted octanol–water partition coefficient (Wildman–Crippen LogP) is 3.59. The van der Waals surface area contributed by atoms with Crippen LogP contribution >= 0.6 is 0 Å². The lowest BCUT2D eigenvalue weighted by Gasteiger charge is -2.41. The Balaban J connectivity index is 1.53. The SMILES string of the molecule is CCc1onc(C)c1C(=O)N1CCC[C@@H]([C@@H]2C[C@H](C(F)F)n3nc(C)cc3N2)C1. The van der Waals surface area contributed by atoms with Crippen LogP contribution < -0.4 is 5.32 Å². The van der Waals surface area contributed by atoms with Gasteiger partial charge in [-0.2, -0.15) is 5.10 Å². The van der Waals surface area contributed by atoms with Gasteiger partial charge in [0.1, 0.15) is 23.2 Å². The third kappa shape index (κ3) is 3.62. The van der Waals surface area contributed by atoms with Crippen LogP contribution in [0.15, 0.2) is 10.6 Å². The van der Waals surface area contributed by atoms with Crippen LogP contribution in [0.1, 0.15) is 59.7 Å². The molecule has 1 fully saturated rings. The third-order valence-corrected chi connectivity index (χ3v) is 6.07. The number of piperidine rings is 1. The molecule has 9 heteroatoms. The Labute approximate surface area is 168 Å². The molecule has 158 valence electrons. The second-order valence-corrected chi connectivity index (χ2v) is 8.08. The minimum absolute atomic E-state index is 0.0765. The van der Waals surface area contributed by atoms with Gasteiger partial charge in [-0.25, -0.2) is 13.5 Å². The van der Waals surface area contributed by atoms with Gasteiger partial charge in [-0.3, -0.25) is 4.79 Å². The predicted molar refractivity (Wildman–Crippen MR) is 103 cm³/mol. The van der Waals surface area contributed by atoms with Crippen molar-refractivity contribution in [2.45, 2.75) is 65.0 Å². The van der Waals surface area contributed by atoms with Crippen LogP contribution in [0.4, 0.5) is 14.6 Å². The Morgan fingerprint density at radius 2 is 2.21 bits per heavy atom. The highest BCUT2D eigenvalue weighted by Gasteiger charge is 2.39. The molecular weight excluding hydrogens is 380 g/mol. The molecule has 0 aromatic carbocycles. The Bertz CT molecular complexity index is 894. The fourth-order valence-corrected chi connectivity index (χ4v) is 4.62. The van der Waals surface area contributed by atoms with Crippen molar-refractivity contribution >= 4 is 11.7 Å². The number of nitrogens with zero attached hydrogens (tertiary/aromatic N) is 4. The summed E-state index contributed by atoms with van der Waals surface area (Å²) in [5.41, 5.74) is 1.86. The van der Waals surface area contributed by atoms with Crippen molar-refractivity contribution in [3.63, 3.8) is 0 Å². The molecule has 2 aliphatic heterocycles. The molecular formula is C20H27F2N5O2. The van der Waals surface area contributed by atoms with E-state index in [9.17, 15) is 13.6 Å². The van der Waals surface area contributed by atoms with Gasteiger partial charge in [0.05, 0.1) is 11.4 Å². The van der Waals surface area contributed by atoms with Crippen LogP contribution in [-0.2, 0) is 6.42 Å². The lowest BCUT2D eigenvalue weighted by molar-refractivity contribution is 0.0504. The molecule has 1 amide bonds. The summed E-state index contributed by atoms with van der Waals surface area (Å²) in [4.78, 5) is 15.0. The van der Waals surface area contributed by atoms with Crippen LogP contribution in [0.5, 0.6) is 0 Å². The average Bonchev–Trinajstić information content (AvgIpc) is 3.27. The Hall–Kier alpha value is -2.45. The highest BCUT2D eigenvalue weighted by Crippen LogP contribution is 2.36. The molecule has 4 heterocycles. The van der Waals surface area contributed by atoms with E-state index in [1.807, 2.05) is 11.8 Å². The van der Waals surface area contributed by atoms with Crippen LogP contribution in [-0.4, -0.2) is 51.3 Å². The van der Waals surface area contributed by atoms with Crippen LogP contribution in [0.25, 0.3) is 0 Å². The maximum atomic E-state index is 13.7. The average molecular weight is 407 g/mol. The fourth-order valence-electron chi connectivity index (χ4n) is 4.62. The Morgan fingerprint density at radius 1 is 1.41 bits per heavy atom. The molecule has 0 spiro atoms. The summed E-state index contributed by atoms with van der Waals surface area (Å²) in [6.45, 7) is 6.70. The minimum Gasteiger partial charge on any atom is -0.367 e. The van der Waals surface area contributed by atoms with E-state index in [1.165, 1.54) is 4.68 Å². The summed E-state index contributed by atoms with van der Waals surface area (Å²) in [6.07, 6.45) is 0.158. The second kappa shape index (κ2) is 7.76. The van der Waals surface area contributed by atoms with Crippen LogP contribution in [0, 0.1) is 19.8 Å². The number of likely N-dealkylation sites (tertiary alicyclic amines) is 1. The topological polar surface area (TPSA) is 76.2 Å². The Kier molecular flexibility index (Phi) is 5.31. The number of hydrogen-bond acceptors (Lipinski definition) is 5. The first-order chi connectivity index (χ1) is 13.9. The van der Waals surface area contributed by atoms with Crippen molar-refractivity contribution in [1.29, 1.82) is 0 Å². The molecule has 0 radical (unpaired) electrons. The number of fused-ring (bicyclic) bond motifs is 1. The van der Waals surface area contributed by atoms with Crippen molar-refractivity contribution in [3.8, 4) is 0 Å². The number of rotatable bonds is 4. The van der Waals surface area contributed by atoms with E-state index >= 15 is 0 Å². The highest BCUT2D eigenvalue weighted by atomic mass is 19.3. The van der Waals surface area contributed by atoms with Crippen molar-refractivity contribution in [2.75, 3.05) is 18.4 Å². The molecule has 2 aliphatic rings. The van der Waals surface area contributed by atoms with E-state index < -0.39 is 12.5 Å². The zero-order chi connectivity index (χ0) is 20.7. The minimum atomic E-state index is -2.48. The molecule has 0 saturated carbocycles. The zero-order valence-corrected chi connectivity index (χ0v) is 17.0. The quantitative estimate of drug-likeness (QED) is 0.838. The summed E-state index contributed by atoms with van der Waals surface area (Å²) in [5.74, 6) is 1.26. The van der Waals surface area contributed by atoms with Gasteiger partial charge in [0.15, 0.2) is 0 Å². The summed E-state index contributed by atoms with van der Waals surface area (Å²) in [5, 5.41) is 11.6. The number of anilines is 1. The normalized spacial score (nSPS) is 24.5. The lowest BCUT2D eigenvalue weighted by Crippen LogP contribution is -2.48. The number of aromatic nitrogens is 3. The Morgan fingerprint density at radius 3 is 2.93 bits per heavy atom. The van der Waals surface area contributed by atoms with E-state index in [0.29, 0.717) is 54.5 Å². The van der Waals surface area contributed by atoms with Crippen LogP contribution in [0.3, 0.4) is 0 Å². The van der Waals surface area contributed by atoms with E-state index in [0.717, 1.165) is 12.8 Å². The number of nitrogens with one attached hydrogen (secondary N) is 1. The van der Waals surface area contributed by atoms with Gasteiger partial charge >= 0.3 is 0 Å². The molecule has 29 heavy (non-hydrogen) atoms. The van der Waals surface area contributed by atoms with Crippen molar-refractivity contribution < 1.29 is 18.1 Å². The first-order valence-electron chi connectivity index (χ1n) is 10.2. The van der Waals surface area contributed by atoms with Crippen LogP contribution in [0.2, 0.25) is 0 Å². The molecule has 4 rings (SSSR count). The van der Waals surface area contributed by atoms with Gasteiger partial charge in [0, 0.05) is 31.6 Å². The molecule has 3 atom stereocenters. The second-order valence-electron chi connectivity index (χ2n) is 8.08. The van der Waals surface area contributed by atoms with E-state index in [4.69, 9.17) is 4.52 Å². The first-order valence-corrected chi connectivity index (χ1v) is 10.2. The number of amides is 1. The fraction of sp³-hybridized carbons (Fsp3) is 0.650. The molecule has 1 N–H and O–H groups in total. The number of alkyl halides is 2. The highest BCUT2D eigenvalue weighted by molar-refractivity contribution is 5.96. The number of halogens is 2. The molecule has 2 aromatic heterocycles. The summed E-state index contributed by atoms with van der Waals surface area (Å²) >= 11 is 0. The number of carbonyl (C=O) groups excluding carboxylic acids is 1. The lowest BCUT2D eigenvalue weighted by atomic mass is 9.85. The number of carbonyl (C=O) groups is 1. The summed E-state index contributed by atoms with van der Waals surface area (Å²) in [7, 11) is 0. The van der Waals surface area contributed by atoms with Gasteiger partial charge in [-0.15, -0.1) is 0 Å². The zero-order valence-electron chi connectivity index (χ0n) is 17.0. The maximum absolute atomic E-state index is 13.7. The molecule has 2 aromatic rings. The van der Waals surface area contributed by atoms with Gasteiger partial charge in [-0.1, -0.05) is 12.1 Å². The van der Waals surface area contributed by atoms with Crippen molar-refractivity contribution in [1.82, 2.24) is 19.8 Å². The smallest absolute Gasteiger partial charge is 0.260 e. The molecule has 7 nitrogen and oxygen atoms in total. The first kappa shape index (κ1) is 19.8. The monoisotopic (exact) mass is 407 g/mol. The largest absolute Gasteiger partial charge is 0.367 e. The standard InChI is InChI=1S/C20H27F2N5O2/c1-4-16-18(12(3)25-29-16)20(28)26-7-5-6-13(10-26)14-9-15(19(21)22)27-17(23-14)8-11(2)24-27/h8,13-15,19,23H,4-7,9-10H2,1-3H3/t13-,14+,15-/m1/s1. The van der Waals surface area contributed by atoms with Gasteiger partial charge in [-0.05, 0) is 39.0 Å². The van der Waals surface area contributed by atoms with E-state index in [-0.39, 0.29) is 17.9 Å². The third-order valence-electron chi connectivity index (χ3n) is 6.07. The van der Waals surface area contributed by atoms with Gasteiger partial charge in [0.25, 0.3) is 12.3 Å². The van der Waals surface area contributed by atoms with Gasteiger partial charge in [0.2, 0.25) is 0 Å². The van der Waals surface area contributed by atoms with Crippen molar-refractivity contribution in [2.24, 2.45) is 5.92 Å².